The van der Waals surface area contributed by atoms with Gasteiger partial charge in [0.1, 0.15) is 6.10 Å². The fourth-order valence-electron chi connectivity index (χ4n) is 2.30. The minimum atomic E-state index is 0.0309. The molecule has 0 N–H and O–H groups in total. The second kappa shape index (κ2) is 8.60. The lowest BCUT2D eigenvalue weighted by atomic mass is 9.98. The number of rotatable bonds is 7. The average Bonchev–Trinajstić information content (AvgIpc) is 2.30. The third-order valence-electron chi connectivity index (χ3n) is 3.33. The van der Waals surface area contributed by atoms with Crippen LogP contribution in [0.25, 0.3) is 0 Å². The zero-order valence-electron chi connectivity index (χ0n) is 10.7. The Kier molecular flexibility index (Phi) is 7.28. The highest BCUT2D eigenvalue weighted by atomic mass is 16.5. The normalized spacial score (nSPS) is 17.3. The Morgan fingerprint density at radius 2 is 1.75 bits per heavy atom. The summed E-state index contributed by atoms with van der Waals surface area (Å²) in [7, 11) is 0. The first kappa shape index (κ1) is 13.5. The Balaban J connectivity index is 1.97. The van der Waals surface area contributed by atoms with Crippen molar-refractivity contribution >= 4 is 5.97 Å². The summed E-state index contributed by atoms with van der Waals surface area (Å²) in [6.45, 7) is 2.21. The number of esters is 1. The van der Waals surface area contributed by atoms with Gasteiger partial charge < -0.3 is 4.74 Å². The summed E-state index contributed by atoms with van der Waals surface area (Å²) in [6, 6.07) is 0. The molecule has 0 heterocycles. The number of carbonyl (C=O) groups is 1. The van der Waals surface area contributed by atoms with E-state index in [4.69, 9.17) is 4.74 Å². The second-order valence-corrected chi connectivity index (χ2v) is 4.91. The van der Waals surface area contributed by atoms with Crippen molar-refractivity contribution in [2.24, 2.45) is 0 Å². The molecule has 2 nitrogen and oxygen atoms in total. The van der Waals surface area contributed by atoms with Crippen LogP contribution in [0.5, 0.6) is 0 Å². The minimum Gasteiger partial charge on any atom is -0.462 e. The van der Waals surface area contributed by atoms with Gasteiger partial charge in [0.25, 0.3) is 0 Å². The Morgan fingerprint density at radius 3 is 2.44 bits per heavy atom. The van der Waals surface area contributed by atoms with Gasteiger partial charge in [-0.1, -0.05) is 39.0 Å². The second-order valence-electron chi connectivity index (χ2n) is 4.91. The molecule has 0 spiro atoms. The Labute approximate surface area is 99.8 Å². The molecule has 0 atom stereocenters. The summed E-state index contributed by atoms with van der Waals surface area (Å²) in [6.07, 6.45) is 12.8. The van der Waals surface area contributed by atoms with E-state index in [2.05, 4.69) is 6.92 Å². The van der Waals surface area contributed by atoms with Crippen LogP contribution in [0.1, 0.15) is 77.6 Å². The quantitative estimate of drug-likeness (QED) is 0.480. The topological polar surface area (TPSA) is 26.3 Å². The van der Waals surface area contributed by atoms with Crippen molar-refractivity contribution in [1.82, 2.24) is 0 Å². The van der Waals surface area contributed by atoms with Crippen molar-refractivity contribution in [3.63, 3.8) is 0 Å². The smallest absolute Gasteiger partial charge is 0.306 e. The van der Waals surface area contributed by atoms with Crippen LogP contribution in [-0.2, 0) is 9.53 Å². The molecule has 0 aromatic rings. The van der Waals surface area contributed by atoms with E-state index in [0.29, 0.717) is 6.42 Å². The van der Waals surface area contributed by atoms with Crippen molar-refractivity contribution in [2.45, 2.75) is 83.7 Å². The van der Waals surface area contributed by atoms with Gasteiger partial charge in [0.2, 0.25) is 0 Å². The summed E-state index contributed by atoms with van der Waals surface area (Å²) in [5, 5.41) is 0. The van der Waals surface area contributed by atoms with Gasteiger partial charge in [-0.25, -0.2) is 0 Å². The van der Waals surface area contributed by atoms with Crippen LogP contribution in [0.4, 0.5) is 0 Å². The molecule has 0 saturated heterocycles. The monoisotopic (exact) mass is 226 g/mol. The number of unbranched alkanes of at least 4 members (excludes halogenated alkanes) is 4. The molecule has 0 bridgehead atoms. The Hall–Kier alpha value is -0.530. The molecule has 1 aliphatic rings. The van der Waals surface area contributed by atoms with E-state index in [1.807, 2.05) is 0 Å². The Morgan fingerprint density at radius 1 is 1.06 bits per heavy atom. The van der Waals surface area contributed by atoms with Gasteiger partial charge in [0, 0.05) is 6.42 Å². The predicted molar refractivity (Wildman–Crippen MR) is 66.3 cm³/mol. The zero-order chi connectivity index (χ0) is 11.6. The van der Waals surface area contributed by atoms with E-state index in [-0.39, 0.29) is 12.1 Å². The van der Waals surface area contributed by atoms with Gasteiger partial charge in [-0.05, 0) is 32.1 Å². The van der Waals surface area contributed by atoms with Gasteiger partial charge in [-0.15, -0.1) is 0 Å². The number of hydrogen-bond donors (Lipinski definition) is 0. The first-order valence-corrected chi connectivity index (χ1v) is 7.02. The van der Waals surface area contributed by atoms with E-state index < -0.39 is 0 Å². The fraction of sp³-hybridized carbons (Fsp3) is 0.929. The third kappa shape index (κ3) is 6.14. The van der Waals surface area contributed by atoms with Crippen LogP contribution in [0.15, 0.2) is 0 Å². The Bertz CT molecular complexity index is 183. The van der Waals surface area contributed by atoms with Gasteiger partial charge in [0.05, 0.1) is 0 Å². The molecule has 94 valence electrons. The molecular weight excluding hydrogens is 200 g/mol. The maximum Gasteiger partial charge on any atom is 0.306 e. The van der Waals surface area contributed by atoms with E-state index in [1.54, 1.807) is 0 Å². The molecular formula is C14H26O2. The average molecular weight is 226 g/mol. The lowest BCUT2D eigenvalue weighted by Crippen LogP contribution is -2.20. The maximum absolute atomic E-state index is 11.5. The molecule has 0 radical (unpaired) electrons. The molecule has 16 heavy (non-hydrogen) atoms. The summed E-state index contributed by atoms with van der Waals surface area (Å²) in [4.78, 5) is 11.5. The zero-order valence-corrected chi connectivity index (χ0v) is 10.7. The van der Waals surface area contributed by atoms with E-state index in [9.17, 15) is 4.79 Å². The summed E-state index contributed by atoms with van der Waals surface area (Å²) in [5.74, 6) is 0.0309. The van der Waals surface area contributed by atoms with Crippen LogP contribution in [0.2, 0.25) is 0 Å². The maximum atomic E-state index is 11.5. The van der Waals surface area contributed by atoms with Crippen molar-refractivity contribution in [2.75, 3.05) is 0 Å². The molecule has 0 unspecified atom stereocenters. The van der Waals surface area contributed by atoms with E-state index in [1.165, 1.54) is 44.9 Å². The highest BCUT2D eigenvalue weighted by Gasteiger charge is 2.16. The lowest BCUT2D eigenvalue weighted by molar-refractivity contribution is -0.150. The highest BCUT2D eigenvalue weighted by Crippen LogP contribution is 2.21. The van der Waals surface area contributed by atoms with Crippen molar-refractivity contribution in [1.29, 1.82) is 0 Å². The first-order valence-electron chi connectivity index (χ1n) is 7.02. The molecule has 0 aromatic heterocycles. The molecule has 0 amide bonds. The first-order chi connectivity index (χ1) is 7.83. The van der Waals surface area contributed by atoms with E-state index >= 15 is 0 Å². The summed E-state index contributed by atoms with van der Waals surface area (Å²) >= 11 is 0. The van der Waals surface area contributed by atoms with Crippen molar-refractivity contribution < 1.29 is 9.53 Å². The van der Waals surface area contributed by atoms with Crippen LogP contribution < -0.4 is 0 Å². The SMILES string of the molecule is CCCCCCCC(=O)OC1CCCCC1. The molecule has 1 saturated carbocycles. The van der Waals surface area contributed by atoms with Crippen LogP contribution in [0.3, 0.4) is 0 Å². The van der Waals surface area contributed by atoms with Crippen molar-refractivity contribution in [3.8, 4) is 0 Å². The van der Waals surface area contributed by atoms with Crippen LogP contribution >= 0.6 is 0 Å². The van der Waals surface area contributed by atoms with Gasteiger partial charge in [-0.3, -0.25) is 4.79 Å². The molecule has 2 heteroatoms. The third-order valence-corrected chi connectivity index (χ3v) is 3.33. The predicted octanol–water partition coefficient (Wildman–Crippen LogP) is 4.22. The van der Waals surface area contributed by atoms with Gasteiger partial charge in [0.15, 0.2) is 0 Å². The van der Waals surface area contributed by atoms with Crippen molar-refractivity contribution in [3.05, 3.63) is 0 Å². The summed E-state index contributed by atoms with van der Waals surface area (Å²) in [5.41, 5.74) is 0. The largest absolute Gasteiger partial charge is 0.462 e. The summed E-state index contributed by atoms with van der Waals surface area (Å²) < 4.78 is 5.46. The molecule has 1 fully saturated rings. The fourth-order valence-corrected chi connectivity index (χ4v) is 2.30. The highest BCUT2D eigenvalue weighted by molar-refractivity contribution is 5.69. The number of hydrogen-bond acceptors (Lipinski definition) is 2. The van der Waals surface area contributed by atoms with Gasteiger partial charge in [-0.2, -0.15) is 0 Å². The molecule has 0 aromatic carbocycles. The van der Waals surface area contributed by atoms with Crippen LogP contribution in [0, 0.1) is 0 Å². The lowest BCUT2D eigenvalue weighted by Gasteiger charge is -2.21. The van der Waals surface area contributed by atoms with Gasteiger partial charge >= 0.3 is 5.97 Å². The molecule has 1 rings (SSSR count). The number of ether oxygens (including phenoxy) is 1. The number of carbonyl (C=O) groups excluding carboxylic acids is 1. The van der Waals surface area contributed by atoms with Crippen LogP contribution in [-0.4, -0.2) is 12.1 Å². The standard InChI is InChI=1S/C14H26O2/c1-2-3-4-5-9-12-14(15)16-13-10-7-6-8-11-13/h13H,2-12H2,1H3. The molecule has 1 aliphatic carbocycles. The minimum absolute atomic E-state index is 0.0309. The van der Waals surface area contributed by atoms with E-state index in [0.717, 1.165) is 19.3 Å². The molecule has 0 aliphatic heterocycles.